The van der Waals surface area contributed by atoms with Gasteiger partial charge in [-0.2, -0.15) is 11.8 Å². The summed E-state index contributed by atoms with van der Waals surface area (Å²) in [7, 11) is 0. The zero-order valence-electron chi connectivity index (χ0n) is 10.3. The fourth-order valence-corrected chi connectivity index (χ4v) is 2.60. The lowest BCUT2D eigenvalue weighted by atomic mass is 10.1. The van der Waals surface area contributed by atoms with Crippen molar-refractivity contribution in [1.29, 1.82) is 0 Å². The van der Waals surface area contributed by atoms with Gasteiger partial charge < -0.3 is 5.11 Å². The number of thioether (sulfide) groups is 1. The first kappa shape index (κ1) is 13.4. The highest BCUT2D eigenvalue weighted by Gasteiger charge is 1.98. The third kappa shape index (κ3) is 4.93. The van der Waals surface area contributed by atoms with Crippen LogP contribution in [0.1, 0.15) is 43.7 Å². The predicted molar refractivity (Wildman–Crippen MR) is 73.1 cm³/mol. The number of benzene rings is 1. The molecule has 0 aliphatic heterocycles. The van der Waals surface area contributed by atoms with Crippen molar-refractivity contribution in [3.63, 3.8) is 0 Å². The Morgan fingerprint density at radius 2 is 2.00 bits per heavy atom. The molecule has 0 bridgehead atoms. The largest absolute Gasteiger partial charge is 0.508 e. The summed E-state index contributed by atoms with van der Waals surface area (Å²) in [4.78, 5) is 0. The second-order valence-electron chi connectivity index (χ2n) is 4.23. The molecule has 0 aliphatic carbocycles. The van der Waals surface area contributed by atoms with Crippen LogP contribution in [-0.4, -0.2) is 10.9 Å². The molecule has 2 heteroatoms. The molecule has 0 fully saturated rings. The molecule has 1 aromatic rings. The van der Waals surface area contributed by atoms with Gasteiger partial charge in [-0.1, -0.05) is 38.3 Å². The molecule has 1 N–H and O–H groups in total. The standard InChI is InChI=1S/C14H22OS/c1-3-4-5-6-9-16-11-13-7-8-14(15)12(2)10-13/h7-8,10,15H,3-6,9,11H2,1-2H3. The number of phenols is 1. The quantitative estimate of drug-likeness (QED) is 0.705. The monoisotopic (exact) mass is 238 g/mol. The SMILES string of the molecule is CCCCCCSCc1ccc(O)c(C)c1. The predicted octanol–water partition coefficient (Wildman–Crippen LogP) is 4.51. The summed E-state index contributed by atoms with van der Waals surface area (Å²) in [6.45, 7) is 4.19. The first-order chi connectivity index (χ1) is 7.74. The van der Waals surface area contributed by atoms with Crippen LogP contribution in [-0.2, 0) is 5.75 Å². The summed E-state index contributed by atoms with van der Waals surface area (Å²) in [6, 6.07) is 5.89. The summed E-state index contributed by atoms with van der Waals surface area (Å²) >= 11 is 1.99. The number of hydrogen-bond acceptors (Lipinski definition) is 2. The molecular weight excluding hydrogens is 216 g/mol. The third-order valence-electron chi connectivity index (χ3n) is 2.67. The summed E-state index contributed by atoms with van der Waals surface area (Å²) in [5.41, 5.74) is 2.29. The maximum absolute atomic E-state index is 9.41. The Morgan fingerprint density at radius 1 is 1.19 bits per heavy atom. The van der Waals surface area contributed by atoms with Crippen LogP contribution in [0, 0.1) is 6.92 Å². The Labute approximate surface area is 103 Å². The van der Waals surface area contributed by atoms with Crippen LogP contribution in [0.5, 0.6) is 5.75 Å². The van der Waals surface area contributed by atoms with Crippen molar-refractivity contribution in [3.05, 3.63) is 29.3 Å². The Balaban J connectivity index is 2.19. The van der Waals surface area contributed by atoms with Crippen molar-refractivity contribution in [2.45, 2.75) is 45.3 Å². The van der Waals surface area contributed by atoms with Gasteiger partial charge in [0.25, 0.3) is 0 Å². The fraction of sp³-hybridized carbons (Fsp3) is 0.571. The Kier molecular flexibility index (Phi) is 6.39. The first-order valence-electron chi connectivity index (χ1n) is 6.10. The molecule has 1 rings (SSSR count). The van der Waals surface area contributed by atoms with Gasteiger partial charge in [-0.25, -0.2) is 0 Å². The van der Waals surface area contributed by atoms with Gasteiger partial charge in [0, 0.05) is 5.75 Å². The van der Waals surface area contributed by atoms with Crippen LogP contribution < -0.4 is 0 Å². The van der Waals surface area contributed by atoms with E-state index >= 15 is 0 Å². The van der Waals surface area contributed by atoms with Gasteiger partial charge in [-0.3, -0.25) is 0 Å². The maximum Gasteiger partial charge on any atom is 0.118 e. The van der Waals surface area contributed by atoms with Crippen LogP contribution in [0.15, 0.2) is 18.2 Å². The number of aryl methyl sites for hydroxylation is 1. The van der Waals surface area contributed by atoms with Gasteiger partial charge >= 0.3 is 0 Å². The number of aromatic hydroxyl groups is 1. The molecule has 0 aliphatic rings. The van der Waals surface area contributed by atoms with E-state index in [2.05, 4.69) is 13.0 Å². The molecule has 0 radical (unpaired) electrons. The molecule has 0 aromatic heterocycles. The highest BCUT2D eigenvalue weighted by atomic mass is 32.2. The zero-order chi connectivity index (χ0) is 11.8. The van der Waals surface area contributed by atoms with Gasteiger partial charge in [0.1, 0.15) is 5.75 Å². The van der Waals surface area contributed by atoms with Crippen LogP contribution in [0.3, 0.4) is 0 Å². The molecule has 1 aromatic carbocycles. The van der Waals surface area contributed by atoms with Crippen molar-refractivity contribution < 1.29 is 5.11 Å². The van der Waals surface area contributed by atoms with Crippen LogP contribution in [0.25, 0.3) is 0 Å². The van der Waals surface area contributed by atoms with Crippen molar-refractivity contribution in [2.75, 3.05) is 5.75 Å². The third-order valence-corrected chi connectivity index (χ3v) is 3.79. The van der Waals surface area contributed by atoms with Gasteiger partial charge in [0.15, 0.2) is 0 Å². The molecule has 0 saturated heterocycles. The average molecular weight is 238 g/mol. The molecule has 0 heterocycles. The summed E-state index contributed by atoms with van der Waals surface area (Å²) in [5, 5.41) is 9.41. The number of rotatable bonds is 7. The normalized spacial score (nSPS) is 10.6. The lowest BCUT2D eigenvalue weighted by Crippen LogP contribution is -1.86. The number of phenolic OH excluding ortho intramolecular Hbond substituents is 1. The van der Waals surface area contributed by atoms with E-state index < -0.39 is 0 Å². The van der Waals surface area contributed by atoms with E-state index in [0.29, 0.717) is 5.75 Å². The maximum atomic E-state index is 9.41. The molecule has 0 saturated carbocycles. The minimum Gasteiger partial charge on any atom is -0.508 e. The molecular formula is C14H22OS. The minimum atomic E-state index is 0.400. The molecule has 0 spiro atoms. The van der Waals surface area contributed by atoms with E-state index in [0.717, 1.165) is 11.3 Å². The van der Waals surface area contributed by atoms with Gasteiger partial charge in [-0.05, 0) is 36.3 Å². The summed E-state index contributed by atoms with van der Waals surface area (Å²) < 4.78 is 0. The smallest absolute Gasteiger partial charge is 0.118 e. The van der Waals surface area contributed by atoms with E-state index in [1.54, 1.807) is 6.07 Å². The number of unbranched alkanes of at least 4 members (excludes halogenated alkanes) is 3. The highest BCUT2D eigenvalue weighted by molar-refractivity contribution is 7.98. The minimum absolute atomic E-state index is 0.400. The highest BCUT2D eigenvalue weighted by Crippen LogP contribution is 2.21. The van der Waals surface area contributed by atoms with Gasteiger partial charge in [0.2, 0.25) is 0 Å². The van der Waals surface area contributed by atoms with E-state index in [1.165, 1.54) is 37.0 Å². The summed E-state index contributed by atoms with van der Waals surface area (Å²) in [6.07, 6.45) is 5.36. The van der Waals surface area contributed by atoms with E-state index in [1.807, 2.05) is 24.8 Å². The lowest BCUT2D eigenvalue weighted by Gasteiger charge is -2.04. The lowest BCUT2D eigenvalue weighted by molar-refractivity contribution is 0.471. The second-order valence-corrected chi connectivity index (χ2v) is 5.34. The van der Waals surface area contributed by atoms with Crippen molar-refractivity contribution in [1.82, 2.24) is 0 Å². The molecule has 90 valence electrons. The van der Waals surface area contributed by atoms with E-state index in [9.17, 15) is 5.11 Å². The van der Waals surface area contributed by atoms with Crippen molar-refractivity contribution in [2.24, 2.45) is 0 Å². The van der Waals surface area contributed by atoms with Crippen molar-refractivity contribution >= 4 is 11.8 Å². The van der Waals surface area contributed by atoms with E-state index in [4.69, 9.17) is 0 Å². The van der Waals surface area contributed by atoms with Gasteiger partial charge in [-0.15, -0.1) is 0 Å². The first-order valence-corrected chi connectivity index (χ1v) is 7.25. The van der Waals surface area contributed by atoms with Crippen molar-refractivity contribution in [3.8, 4) is 5.75 Å². The Hall–Kier alpha value is -0.630. The van der Waals surface area contributed by atoms with E-state index in [-0.39, 0.29) is 0 Å². The fourth-order valence-electron chi connectivity index (χ4n) is 1.63. The van der Waals surface area contributed by atoms with Crippen LogP contribution in [0.2, 0.25) is 0 Å². The molecule has 0 amide bonds. The summed E-state index contributed by atoms with van der Waals surface area (Å²) in [5.74, 6) is 2.71. The topological polar surface area (TPSA) is 20.2 Å². The average Bonchev–Trinajstić information content (AvgIpc) is 2.28. The Bertz CT molecular complexity index is 310. The van der Waals surface area contributed by atoms with Crippen LogP contribution >= 0.6 is 11.8 Å². The molecule has 1 nitrogen and oxygen atoms in total. The number of hydrogen-bond donors (Lipinski definition) is 1. The van der Waals surface area contributed by atoms with Crippen LogP contribution in [0.4, 0.5) is 0 Å². The zero-order valence-corrected chi connectivity index (χ0v) is 11.1. The second kappa shape index (κ2) is 7.61. The molecule has 16 heavy (non-hydrogen) atoms. The Morgan fingerprint density at radius 3 is 2.69 bits per heavy atom. The molecule has 0 atom stereocenters. The van der Waals surface area contributed by atoms with Gasteiger partial charge in [0.05, 0.1) is 0 Å². The molecule has 0 unspecified atom stereocenters.